The van der Waals surface area contributed by atoms with Crippen molar-refractivity contribution in [2.75, 3.05) is 31.6 Å². The molecule has 3 heteroatoms. The average Bonchev–Trinajstić information content (AvgIpc) is 2.48. The topological polar surface area (TPSA) is 24.5 Å². The first-order valence-corrected chi connectivity index (χ1v) is 8.39. The first kappa shape index (κ1) is 16.2. The summed E-state index contributed by atoms with van der Waals surface area (Å²) in [6.07, 6.45) is 3.70. The molecular weight excluding hydrogens is 260 g/mol. The van der Waals surface area contributed by atoms with Gasteiger partial charge in [0.05, 0.1) is 12.3 Å². The molecule has 0 saturated carbocycles. The molecule has 0 radical (unpaired) electrons. The summed E-state index contributed by atoms with van der Waals surface area (Å²) >= 11 is 0. The fourth-order valence-corrected chi connectivity index (χ4v) is 2.81. The number of nitrogens with zero attached hydrogens (tertiary/aromatic N) is 1. The zero-order valence-corrected chi connectivity index (χ0v) is 13.8. The van der Waals surface area contributed by atoms with Crippen LogP contribution in [0, 0.1) is 5.92 Å². The molecule has 1 saturated heterocycles. The van der Waals surface area contributed by atoms with Gasteiger partial charge in [0.1, 0.15) is 5.75 Å². The van der Waals surface area contributed by atoms with Gasteiger partial charge in [0.25, 0.3) is 0 Å². The van der Waals surface area contributed by atoms with Gasteiger partial charge in [-0.05, 0) is 43.9 Å². The average molecular weight is 290 g/mol. The predicted octanol–water partition coefficient (Wildman–Crippen LogP) is 4.01. The number of likely N-dealkylation sites (tertiary alicyclic amines) is 1. The molecule has 0 unspecified atom stereocenters. The second kappa shape index (κ2) is 8.28. The second-order valence-corrected chi connectivity index (χ2v) is 6.46. The van der Waals surface area contributed by atoms with Crippen LogP contribution in [0.5, 0.6) is 5.75 Å². The van der Waals surface area contributed by atoms with Gasteiger partial charge in [-0.2, -0.15) is 0 Å². The van der Waals surface area contributed by atoms with E-state index in [1.165, 1.54) is 38.9 Å². The first-order valence-electron chi connectivity index (χ1n) is 8.39. The van der Waals surface area contributed by atoms with Crippen LogP contribution >= 0.6 is 0 Å². The maximum Gasteiger partial charge on any atom is 0.142 e. The Morgan fingerprint density at radius 3 is 2.62 bits per heavy atom. The first-order chi connectivity index (χ1) is 10.2. The summed E-state index contributed by atoms with van der Waals surface area (Å²) < 4.78 is 5.93. The highest BCUT2D eigenvalue weighted by Gasteiger charge is 2.19. The van der Waals surface area contributed by atoms with Gasteiger partial charge in [0.2, 0.25) is 0 Å². The summed E-state index contributed by atoms with van der Waals surface area (Å²) in [6.45, 7) is 11.0. The van der Waals surface area contributed by atoms with Crippen molar-refractivity contribution in [2.24, 2.45) is 5.92 Å². The molecule has 0 amide bonds. The summed E-state index contributed by atoms with van der Waals surface area (Å²) in [5.41, 5.74) is 1.15. The van der Waals surface area contributed by atoms with Gasteiger partial charge in [0.15, 0.2) is 0 Å². The van der Waals surface area contributed by atoms with E-state index in [1.807, 2.05) is 6.07 Å². The van der Waals surface area contributed by atoms with E-state index in [0.29, 0.717) is 12.0 Å². The molecule has 0 atom stereocenters. The Bertz CT molecular complexity index is 411. The van der Waals surface area contributed by atoms with Crippen molar-refractivity contribution in [2.45, 2.75) is 46.1 Å². The van der Waals surface area contributed by atoms with Gasteiger partial charge in [-0.25, -0.2) is 0 Å². The van der Waals surface area contributed by atoms with Crippen molar-refractivity contribution < 1.29 is 4.74 Å². The summed E-state index contributed by atoms with van der Waals surface area (Å²) in [4.78, 5) is 2.57. The van der Waals surface area contributed by atoms with Crippen LogP contribution in [0.15, 0.2) is 24.3 Å². The van der Waals surface area contributed by atoms with Crippen molar-refractivity contribution in [3.05, 3.63) is 24.3 Å². The fourth-order valence-electron chi connectivity index (χ4n) is 2.81. The molecular formula is C18H30N2O. The van der Waals surface area contributed by atoms with Gasteiger partial charge in [-0.15, -0.1) is 0 Å². The Morgan fingerprint density at radius 1 is 1.24 bits per heavy atom. The third-order valence-electron chi connectivity index (χ3n) is 3.95. The SMILES string of the molecule is CCCN1CCC(Nc2ccccc2OCC(C)C)CC1. The van der Waals surface area contributed by atoms with E-state index >= 15 is 0 Å². The zero-order valence-electron chi connectivity index (χ0n) is 13.8. The number of piperidine rings is 1. The van der Waals surface area contributed by atoms with E-state index in [-0.39, 0.29) is 0 Å². The van der Waals surface area contributed by atoms with Gasteiger partial charge >= 0.3 is 0 Å². The van der Waals surface area contributed by atoms with E-state index in [1.54, 1.807) is 0 Å². The quantitative estimate of drug-likeness (QED) is 0.821. The molecule has 118 valence electrons. The molecule has 0 aromatic heterocycles. The minimum atomic E-state index is 0.551. The summed E-state index contributed by atoms with van der Waals surface area (Å²) in [5, 5.41) is 3.68. The lowest BCUT2D eigenvalue weighted by molar-refractivity contribution is 0.219. The largest absolute Gasteiger partial charge is 0.491 e. The fraction of sp³-hybridized carbons (Fsp3) is 0.667. The molecule has 1 heterocycles. The van der Waals surface area contributed by atoms with Crippen molar-refractivity contribution in [1.82, 2.24) is 4.90 Å². The lowest BCUT2D eigenvalue weighted by Gasteiger charge is -2.33. The van der Waals surface area contributed by atoms with Crippen LogP contribution in [0.1, 0.15) is 40.0 Å². The molecule has 1 fully saturated rings. The van der Waals surface area contributed by atoms with Crippen molar-refractivity contribution in [3.8, 4) is 5.75 Å². The van der Waals surface area contributed by atoms with Gasteiger partial charge in [-0.3, -0.25) is 0 Å². The normalized spacial score (nSPS) is 17.1. The minimum absolute atomic E-state index is 0.551. The predicted molar refractivity (Wildman–Crippen MR) is 90.2 cm³/mol. The smallest absolute Gasteiger partial charge is 0.142 e. The van der Waals surface area contributed by atoms with Crippen LogP contribution in [0.25, 0.3) is 0 Å². The Balaban J connectivity index is 1.88. The number of para-hydroxylation sites is 2. The molecule has 0 bridgehead atoms. The molecule has 1 aliphatic heterocycles. The van der Waals surface area contributed by atoms with Crippen LogP contribution in [-0.2, 0) is 0 Å². The van der Waals surface area contributed by atoms with Crippen molar-refractivity contribution in [1.29, 1.82) is 0 Å². The van der Waals surface area contributed by atoms with E-state index in [2.05, 4.69) is 49.2 Å². The van der Waals surface area contributed by atoms with Crippen molar-refractivity contribution in [3.63, 3.8) is 0 Å². The lowest BCUT2D eigenvalue weighted by Crippen LogP contribution is -2.39. The summed E-state index contributed by atoms with van der Waals surface area (Å²) in [5.74, 6) is 1.54. The molecule has 0 aliphatic carbocycles. The van der Waals surface area contributed by atoms with Crippen LogP contribution < -0.4 is 10.1 Å². The molecule has 2 rings (SSSR count). The van der Waals surface area contributed by atoms with Gasteiger partial charge in [-0.1, -0.05) is 32.9 Å². The number of rotatable bonds is 7. The minimum Gasteiger partial charge on any atom is -0.491 e. The zero-order chi connectivity index (χ0) is 15.1. The highest BCUT2D eigenvalue weighted by Crippen LogP contribution is 2.27. The number of anilines is 1. The second-order valence-electron chi connectivity index (χ2n) is 6.46. The molecule has 1 aliphatic rings. The van der Waals surface area contributed by atoms with E-state index in [4.69, 9.17) is 4.74 Å². The van der Waals surface area contributed by atoms with Crippen LogP contribution in [0.2, 0.25) is 0 Å². The monoisotopic (exact) mass is 290 g/mol. The molecule has 0 spiro atoms. The third-order valence-corrected chi connectivity index (χ3v) is 3.95. The van der Waals surface area contributed by atoms with Gasteiger partial charge < -0.3 is 15.0 Å². The highest BCUT2D eigenvalue weighted by molar-refractivity contribution is 5.56. The number of ether oxygens (including phenoxy) is 1. The van der Waals surface area contributed by atoms with E-state index in [9.17, 15) is 0 Å². The standard InChI is InChI=1S/C18H30N2O/c1-4-11-20-12-9-16(10-13-20)19-17-7-5-6-8-18(17)21-14-15(2)3/h5-8,15-16,19H,4,9-14H2,1-3H3. The number of hydrogen-bond acceptors (Lipinski definition) is 3. The van der Waals surface area contributed by atoms with Crippen LogP contribution in [0.4, 0.5) is 5.69 Å². The lowest BCUT2D eigenvalue weighted by atomic mass is 10.0. The maximum atomic E-state index is 5.93. The third kappa shape index (κ3) is 5.24. The Labute approximate surface area is 129 Å². The molecule has 21 heavy (non-hydrogen) atoms. The highest BCUT2D eigenvalue weighted by atomic mass is 16.5. The Hall–Kier alpha value is -1.22. The van der Waals surface area contributed by atoms with E-state index < -0.39 is 0 Å². The molecule has 1 N–H and O–H groups in total. The number of nitrogens with one attached hydrogen (secondary N) is 1. The molecule has 1 aromatic rings. The Kier molecular flexibility index (Phi) is 6.37. The van der Waals surface area contributed by atoms with Gasteiger partial charge in [0, 0.05) is 19.1 Å². The summed E-state index contributed by atoms with van der Waals surface area (Å²) in [7, 11) is 0. The summed E-state index contributed by atoms with van der Waals surface area (Å²) in [6, 6.07) is 8.90. The number of benzene rings is 1. The number of hydrogen-bond donors (Lipinski definition) is 1. The van der Waals surface area contributed by atoms with Crippen LogP contribution in [-0.4, -0.2) is 37.2 Å². The van der Waals surface area contributed by atoms with Crippen LogP contribution in [0.3, 0.4) is 0 Å². The van der Waals surface area contributed by atoms with Crippen molar-refractivity contribution >= 4 is 5.69 Å². The molecule has 1 aromatic carbocycles. The maximum absolute atomic E-state index is 5.93. The van der Waals surface area contributed by atoms with E-state index in [0.717, 1.165) is 18.0 Å². The Morgan fingerprint density at radius 2 is 1.95 bits per heavy atom. The molecule has 3 nitrogen and oxygen atoms in total.